The van der Waals surface area contributed by atoms with Gasteiger partial charge in [0.1, 0.15) is 5.25 Å². The summed E-state index contributed by atoms with van der Waals surface area (Å²) in [6, 6.07) is 0. The topological polar surface area (TPSA) is 43.4 Å². The van der Waals surface area contributed by atoms with Crippen LogP contribution in [0.4, 0.5) is 0 Å². The Kier molecular flexibility index (Phi) is 0.399. The second-order valence-electron chi connectivity index (χ2n) is 0.742. The van der Waals surface area contributed by atoms with Crippen LogP contribution in [0.25, 0.3) is 0 Å². The molecule has 0 fully saturated rings. The van der Waals surface area contributed by atoms with Gasteiger partial charge in [0.2, 0.25) is 0 Å². The molecule has 0 N–H and O–H groups in total. The summed E-state index contributed by atoms with van der Waals surface area (Å²) >= 11 is 0. The first kappa shape index (κ1) is 3.50. The van der Waals surface area contributed by atoms with Crippen LogP contribution >= 0.6 is 0 Å². The molecule has 0 aromatic heterocycles. The highest BCUT2D eigenvalue weighted by Gasteiger charge is 2.11. The minimum Gasteiger partial charge on any atom is -0.317 e. The molecular weight excluding hydrogens is 104 g/mol. The Morgan fingerprint density at radius 3 is 1.83 bits per heavy atom. The van der Waals surface area contributed by atoms with E-state index in [0.29, 0.717) is 0 Å². The Morgan fingerprint density at radius 1 is 1.50 bits per heavy atom. The van der Waals surface area contributed by atoms with E-state index < -0.39 is 10.1 Å². The average Bonchev–Trinajstić information content (AvgIpc) is 1.32. The van der Waals surface area contributed by atoms with E-state index in [1.807, 2.05) is 6.11 Å². The summed E-state index contributed by atoms with van der Waals surface area (Å²) in [4.78, 5) is 0. The highest BCUT2D eigenvalue weighted by Crippen LogP contribution is 1.95. The van der Waals surface area contributed by atoms with Crippen LogP contribution in [0, 0.1) is 11.4 Å². The van der Waals surface area contributed by atoms with Crippen LogP contribution in [0.3, 0.4) is 0 Å². The second kappa shape index (κ2) is 0.684. The maximum absolute atomic E-state index is 9.69. The van der Waals surface area contributed by atoms with E-state index in [2.05, 4.69) is 4.18 Å². The summed E-state index contributed by atoms with van der Waals surface area (Å²) in [5.74, 6) is 0. The zero-order chi connectivity index (χ0) is 4.62. The lowest BCUT2D eigenvalue weighted by molar-refractivity contribution is 0.464. The molecule has 4 heteroatoms. The van der Waals surface area contributed by atoms with E-state index in [1.165, 1.54) is 0 Å². The Morgan fingerprint density at radius 2 is 1.83 bits per heavy atom. The van der Waals surface area contributed by atoms with Crippen LogP contribution < -0.4 is 0 Å². The van der Waals surface area contributed by atoms with Crippen molar-refractivity contribution < 1.29 is 12.6 Å². The molecule has 0 aromatic carbocycles. The van der Waals surface area contributed by atoms with Crippen molar-refractivity contribution in [2.75, 3.05) is 0 Å². The van der Waals surface area contributed by atoms with Crippen molar-refractivity contribution >= 4 is 10.1 Å². The summed E-state index contributed by atoms with van der Waals surface area (Å²) < 4.78 is 23.1. The van der Waals surface area contributed by atoms with Gasteiger partial charge in [-0.1, -0.05) is 0 Å². The quantitative estimate of drug-likeness (QED) is 0.300. The summed E-state index contributed by atoms with van der Waals surface area (Å²) in [6.07, 6.45) is 1.86. The van der Waals surface area contributed by atoms with Crippen molar-refractivity contribution in [2.24, 2.45) is 0 Å². The van der Waals surface area contributed by atoms with Gasteiger partial charge in [0.15, 0.2) is 6.11 Å². The van der Waals surface area contributed by atoms with Crippen molar-refractivity contribution in [1.82, 2.24) is 0 Å². The third-order valence-electron chi connectivity index (χ3n) is 0.318. The summed E-state index contributed by atoms with van der Waals surface area (Å²) in [5.41, 5.74) is 0. The lowest BCUT2D eigenvalue weighted by Crippen LogP contribution is -2.04. The van der Waals surface area contributed by atoms with Gasteiger partial charge in [-0.25, -0.2) is 0 Å². The predicted molar refractivity (Wildman–Crippen MR) is 17.8 cm³/mol. The third-order valence-corrected chi connectivity index (χ3v) is 0.954. The van der Waals surface area contributed by atoms with Crippen molar-refractivity contribution in [3.05, 3.63) is 0 Å². The van der Waals surface area contributed by atoms with Crippen LogP contribution in [-0.2, 0) is 14.3 Å². The average molecular weight is 104 g/mol. The van der Waals surface area contributed by atoms with Gasteiger partial charge in [-0.05, 0) is 0 Å². The molecule has 1 aliphatic heterocycles. The van der Waals surface area contributed by atoms with E-state index >= 15 is 0 Å². The molecule has 6 heavy (non-hydrogen) atoms. The van der Waals surface area contributed by atoms with Gasteiger partial charge in [0, 0.05) is 0 Å². The summed E-state index contributed by atoms with van der Waals surface area (Å²) in [7, 11) is -3.34. The molecule has 1 aliphatic rings. The molecule has 0 radical (unpaired) electrons. The smallest absolute Gasteiger partial charge is 0.317 e. The SMILES string of the molecule is O=S1(=O)C#CO1. The van der Waals surface area contributed by atoms with Crippen LogP contribution in [0.2, 0.25) is 0 Å². The fourth-order valence-corrected chi connectivity index (χ4v) is 0.329. The van der Waals surface area contributed by atoms with Crippen LogP contribution in [0.15, 0.2) is 0 Å². The van der Waals surface area contributed by atoms with Crippen molar-refractivity contribution in [1.29, 1.82) is 0 Å². The molecule has 0 aliphatic carbocycles. The van der Waals surface area contributed by atoms with Gasteiger partial charge in [0.25, 0.3) is 0 Å². The lowest BCUT2D eigenvalue weighted by atomic mass is 11.3. The molecule has 3 nitrogen and oxygen atoms in total. The lowest BCUT2D eigenvalue weighted by Gasteiger charge is -1.92. The minimum atomic E-state index is -3.34. The van der Waals surface area contributed by atoms with Crippen LogP contribution in [0.5, 0.6) is 0 Å². The normalized spacial score (nSPS) is 22.0. The Labute approximate surface area is 35.0 Å². The first-order valence-corrected chi connectivity index (χ1v) is 2.57. The maximum Gasteiger partial charge on any atom is 0.393 e. The highest BCUT2D eigenvalue weighted by molar-refractivity contribution is 7.92. The van der Waals surface area contributed by atoms with E-state index in [-0.39, 0.29) is 0 Å². The number of hydrogen-bond acceptors (Lipinski definition) is 3. The fraction of sp³-hybridized carbons (Fsp3) is 0. The van der Waals surface area contributed by atoms with Crippen molar-refractivity contribution in [3.63, 3.8) is 0 Å². The van der Waals surface area contributed by atoms with Gasteiger partial charge >= 0.3 is 10.1 Å². The fourth-order valence-electron chi connectivity index (χ4n) is 0.110. The van der Waals surface area contributed by atoms with Gasteiger partial charge in [-0.15, -0.1) is 0 Å². The van der Waals surface area contributed by atoms with Crippen LogP contribution in [-0.4, -0.2) is 8.42 Å². The van der Waals surface area contributed by atoms with E-state index in [4.69, 9.17) is 0 Å². The predicted octanol–water partition coefficient (Wildman–Crippen LogP) is -0.735. The van der Waals surface area contributed by atoms with E-state index in [9.17, 15) is 8.42 Å². The van der Waals surface area contributed by atoms with Gasteiger partial charge in [-0.2, -0.15) is 8.42 Å². The van der Waals surface area contributed by atoms with Crippen molar-refractivity contribution in [2.45, 2.75) is 0 Å². The molecule has 0 saturated heterocycles. The molecule has 0 bridgehead atoms. The highest BCUT2D eigenvalue weighted by atomic mass is 32.2. The van der Waals surface area contributed by atoms with Gasteiger partial charge in [-0.3, -0.25) is 0 Å². The second-order valence-corrected chi connectivity index (χ2v) is 2.02. The molecule has 0 saturated carbocycles. The number of rotatable bonds is 0. The number of hydrogen-bond donors (Lipinski definition) is 0. The molecule has 0 atom stereocenters. The molecule has 0 aromatic rings. The Balaban J connectivity index is 3.30. The minimum absolute atomic E-state index is 1.78. The van der Waals surface area contributed by atoms with E-state index in [0.717, 1.165) is 0 Å². The van der Waals surface area contributed by atoms with Gasteiger partial charge < -0.3 is 4.18 Å². The Bertz CT molecular complexity index is 201. The van der Waals surface area contributed by atoms with Gasteiger partial charge in [0.05, 0.1) is 0 Å². The Hall–Kier alpha value is -0.690. The summed E-state index contributed by atoms with van der Waals surface area (Å²) in [5, 5.41) is 1.78. The standard InChI is InChI=1S/C2O3S/c3-6(4)2-1-5-6. The molecule has 0 spiro atoms. The molecule has 0 amide bonds. The molecule has 32 valence electrons. The van der Waals surface area contributed by atoms with Crippen molar-refractivity contribution in [3.8, 4) is 11.4 Å². The first-order chi connectivity index (χ1) is 2.71. The summed E-state index contributed by atoms with van der Waals surface area (Å²) in [6.45, 7) is 0. The third kappa shape index (κ3) is 0.331. The molecule has 1 heterocycles. The molecule has 1 rings (SSSR count). The monoisotopic (exact) mass is 104 g/mol. The zero-order valence-corrected chi connectivity index (χ0v) is 3.45. The molecular formula is C2O3S. The largest absolute Gasteiger partial charge is 0.393 e. The first-order valence-electron chi connectivity index (χ1n) is 1.16. The van der Waals surface area contributed by atoms with Crippen LogP contribution in [0.1, 0.15) is 0 Å². The zero-order valence-electron chi connectivity index (χ0n) is 2.63. The maximum atomic E-state index is 9.69. The molecule has 0 unspecified atom stereocenters. The van der Waals surface area contributed by atoms with E-state index in [1.54, 1.807) is 5.25 Å².